The minimum absolute atomic E-state index is 0.333. The number of carbonyl (C=O) groups excluding carboxylic acids is 1. The number of rotatable bonds is 7. The topological polar surface area (TPSA) is 44.8 Å². The quantitative estimate of drug-likeness (QED) is 0.501. The summed E-state index contributed by atoms with van der Waals surface area (Å²) in [5, 5.41) is 1.82. The van der Waals surface area contributed by atoms with Gasteiger partial charge >= 0.3 is 5.97 Å². The van der Waals surface area contributed by atoms with E-state index in [9.17, 15) is 4.79 Å². The number of aryl methyl sites for hydroxylation is 2. The zero-order valence-electron chi connectivity index (χ0n) is 16.9. The highest BCUT2D eigenvalue weighted by molar-refractivity contribution is 5.98. The second-order valence-corrected chi connectivity index (χ2v) is 6.67. The van der Waals surface area contributed by atoms with E-state index < -0.39 is 0 Å². The average Bonchev–Trinajstić information content (AvgIpc) is 2.67. The van der Waals surface area contributed by atoms with E-state index in [2.05, 4.69) is 32.0 Å². The normalized spacial score (nSPS) is 10.7. The molecule has 28 heavy (non-hydrogen) atoms. The van der Waals surface area contributed by atoms with Crippen LogP contribution in [0.3, 0.4) is 0 Å². The lowest BCUT2D eigenvalue weighted by molar-refractivity contribution is 0.0526. The predicted molar refractivity (Wildman–Crippen MR) is 111 cm³/mol. The predicted octanol–water partition coefficient (Wildman–Crippen LogP) is 5.61. The van der Waals surface area contributed by atoms with Gasteiger partial charge in [0.25, 0.3) is 0 Å². The molecular formula is C24H26O4. The van der Waals surface area contributed by atoms with Gasteiger partial charge in [0, 0.05) is 5.39 Å². The Balaban J connectivity index is 1.93. The van der Waals surface area contributed by atoms with Gasteiger partial charge in [-0.25, -0.2) is 4.79 Å². The summed E-state index contributed by atoms with van der Waals surface area (Å²) in [5.74, 6) is 1.06. The minimum Gasteiger partial charge on any atom is -0.493 e. The van der Waals surface area contributed by atoms with Crippen molar-refractivity contribution in [2.45, 2.75) is 34.3 Å². The molecule has 0 radical (unpaired) electrons. The molecule has 0 atom stereocenters. The van der Waals surface area contributed by atoms with Gasteiger partial charge in [0.05, 0.1) is 18.8 Å². The van der Waals surface area contributed by atoms with E-state index in [0.717, 1.165) is 16.5 Å². The minimum atomic E-state index is -0.354. The van der Waals surface area contributed by atoms with Crippen LogP contribution in [0, 0.1) is 13.8 Å². The Morgan fingerprint density at radius 2 is 1.64 bits per heavy atom. The summed E-state index contributed by atoms with van der Waals surface area (Å²) >= 11 is 0. The fraction of sp³-hybridized carbons (Fsp3) is 0.292. The Hall–Kier alpha value is -3.01. The van der Waals surface area contributed by atoms with Crippen molar-refractivity contribution in [3.8, 4) is 11.5 Å². The first-order valence-electron chi connectivity index (χ1n) is 9.59. The summed E-state index contributed by atoms with van der Waals surface area (Å²) < 4.78 is 16.9. The molecule has 0 fully saturated rings. The van der Waals surface area contributed by atoms with E-state index in [1.807, 2.05) is 31.2 Å². The molecule has 0 saturated heterocycles. The van der Waals surface area contributed by atoms with Crippen LogP contribution in [0.1, 0.15) is 40.9 Å². The maximum absolute atomic E-state index is 12.2. The van der Waals surface area contributed by atoms with Crippen LogP contribution in [0.5, 0.6) is 11.5 Å². The Labute approximate surface area is 166 Å². The van der Waals surface area contributed by atoms with Gasteiger partial charge in [-0.3, -0.25) is 0 Å². The molecule has 0 aliphatic rings. The van der Waals surface area contributed by atoms with E-state index in [1.54, 1.807) is 13.0 Å². The third kappa shape index (κ3) is 4.28. The molecule has 0 unspecified atom stereocenters. The first kappa shape index (κ1) is 19.7. The molecule has 0 bridgehead atoms. The van der Waals surface area contributed by atoms with Gasteiger partial charge in [-0.1, -0.05) is 18.2 Å². The van der Waals surface area contributed by atoms with E-state index in [1.165, 1.54) is 16.7 Å². The molecule has 0 spiro atoms. The van der Waals surface area contributed by atoms with Crippen LogP contribution < -0.4 is 9.47 Å². The van der Waals surface area contributed by atoms with E-state index in [-0.39, 0.29) is 5.97 Å². The van der Waals surface area contributed by atoms with Crippen LogP contribution in [0.15, 0.2) is 48.5 Å². The lowest BCUT2D eigenvalue weighted by atomic mass is 10.0. The highest BCUT2D eigenvalue weighted by Crippen LogP contribution is 2.31. The van der Waals surface area contributed by atoms with Crippen molar-refractivity contribution in [1.82, 2.24) is 0 Å². The molecule has 3 aromatic rings. The average molecular weight is 378 g/mol. The first-order valence-corrected chi connectivity index (χ1v) is 9.59. The first-order chi connectivity index (χ1) is 13.5. The van der Waals surface area contributed by atoms with Crippen LogP contribution in [0.25, 0.3) is 10.8 Å². The van der Waals surface area contributed by atoms with Crippen molar-refractivity contribution >= 4 is 16.7 Å². The van der Waals surface area contributed by atoms with Crippen LogP contribution >= 0.6 is 0 Å². The molecule has 0 saturated carbocycles. The van der Waals surface area contributed by atoms with Gasteiger partial charge in [-0.15, -0.1) is 0 Å². The third-order valence-corrected chi connectivity index (χ3v) is 4.72. The van der Waals surface area contributed by atoms with Crippen LogP contribution in [-0.2, 0) is 11.3 Å². The van der Waals surface area contributed by atoms with Gasteiger partial charge in [0.2, 0.25) is 0 Å². The Bertz CT molecular complexity index is 971. The summed E-state index contributed by atoms with van der Waals surface area (Å²) in [7, 11) is 0. The monoisotopic (exact) mass is 378 g/mol. The maximum Gasteiger partial charge on any atom is 0.338 e. The van der Waals surface area contributed by atoms with Crippen molar-refractivity contribution in [2.24, 2.45) is 0 Å². The highest BCUT2D eigenvalue weighted by atomic mass is 16.5. The summed E-state index contributed by atoms with van der Waals surface area (Å²) in [6, 6.07) is 15.6. The number of hydrogen-bond acceptors (Lipinski definition) is 4. The lowest BCUT2D eigenvalue weighted by Gasteiger charge is -2.14. The summed E-state index contributed by atoms with van der Waals surface area (Å²) in [6.07, 6.45) is 0. The molecule has 4 heteroatoms. The number of hydrogen-bond donors (Lipinski definition) is 0. The Kier molecular flexibility index (Phi) is 6.19. The summed E-state index contributed by atoms with van der Waals surface area (Å²) in [5.41, 5.74) is 4.09. The fourth-order valence-corrected chi connectivity index (χ4v) is 3.24. The molecular weight excluding hydrogens is 352 g/mol. The number of carbonyl (C=O) groups is 1. The molecule has 3 rings (SSSR count). The van der Waals surface area contributed by atoms with E-state index in [4.69, 9.17) is 14.2 Å². The smallest absolute Gasteiger partial charge is 0.338 e. The largest absolute Gasteiger partial charge is 0.493 e. The van der Waals surface area contributed by atoms with Crippen molar-refractivity contribution < 1.29 is 19.0 Å². The van der Waals surface area contributed by atoms with E-state index >= 15 is 0 Å². The van der Waals surface area contributed by atoms with Crippen molar-refractivity contribution in [2.75, 3.05) is 13.2 Å². The molecule has 0 aromatic heterocycles. The zero-order chi connectivity index (χ0) is 20.1. The Morgan fingerprint density at radius 3 is 2.32 bits per heavy atom. The van der Waals surface area contributed by atoms with Crippen LogP contribution in [0.2, 0.25) is 0 Å². The molecule has 0 N–H and O–H groups in total. The van der Waals surface area contributed by atoms with Gasteiger partial charge < -0.3 is 14.2 Å². The van der Waals surface area contributed by atoms with Crippen molar-refractivity contribution in [3.05, 3.63) is 70.8 Å². The second-order valence-electron chi connectivity index (χ2n) is 6.67. The van der Waals surface area contributed by atoms with Gasteiger partial charge in [0.15, 0.2) is 0 Å². The molecule has 0 amide bonds. The standard InChI is InChI=1S/C24H26O4/c1-5-26-23-14-19(24(25)27-6-2)12-18-13-20(10-11-21(18)23)28-15-22-16(3)8-7-9-17(22)4/h7-14H,5-6,15H2,1-4H3. The lowest BCUT2D eigenvalue weighted by Crippen LogP contribution is -2.05. The fourth-order valence-electron chi connectivity index (χ4n) is 3.24. The number of fused-ring (bicyclic) bond motifs is 1. The Morgan fingerprint density at radius 1 is 0.893 bits per heavy atom. The van der Waals surface area contributed by atoms with Crippen molar-refractivity contribution in [3.63, 3.8) is 0 Å². The molecule has 0 aliphatic heterocycles. The molecule has 3 aromatic carbocycles. The molecule has 0 aliphatic carbocycles. The highest BCUT2D eigenvalue weighted by Gasteiger charge is 2.13. The van der Waals surface area contributed by atoms with Gasteiger partial charge in [0.1, 0.15) is 18.1 Å². The molecule has 4 nitrogen and oxygen atoms in total. The molecule has 146 valence electrons. The van der Waals surface area contributed by atoms with Gasteiger partial charge in [-0.2, -0.15) is 0 Å². The van der Waals surface area contributed by atoms with Crippen LogP contribution in [-0.4, -0.2) is 19.2 Å². The number of ether oxygens (including phenoxy) is 3. The number of benzene rings is 3. The van der Waals surface area contributed by atoms with Crippen molar-refractivity contribution in [1.29, 1.82) is 0 Å². The molecule has 0 heterocycles. The van der Waals surface area contributed by atoms with Gasteiger partial charge in [-0.05, 0) is 80.1 Å². The maximum atomic E-state index is 12.2. The SMILES string of the molecule is CCOC(=O)c1cc(OCC)c2ccc(OCc3c(C)cccc3C)cc2c1. The third-order valence-electron chi connectivity index (χ3n) is 4.72. The number of esters is 1. The zero-order valence-corrected chi connectivity index (χ0v) is 16.9. The summed E-state index contributed by atoms with van der Waals surface area (Å²) in [4.78, 5) is 12.2. The van der Waals surface area contributed by atoms with E-state index in [0.29, 0.717) is 31.1 Å². The summed E-state index contributed by atoms with van der Waals surface area (Å²) in [6.45, 7) is 9.25. The van der Waals surface area contributed by atoms with Crippen LogP contribution in [0.4, 0.5) is 0 Å². The second kappa shape index (κ2) is 8.79.